The molecule has 3 N–H and O–H groups in total. The summed E-state index contributed by atoms with van der Waals surface area (Å²) >= 11 is 6.09. The van der Waals surface area contributed by atoms with Gasteiger partial charge in [-0.05, 0) is 37.5 Å². The van der Waals surface area contributed by atoms with Crippen LogP contribution in [0.2, 0.25) is 5.02 Å². The fraction of sp³-hybridized carbons (Fsp3) is 0.625. The lowest BCUT2D eigenvalue weighted by Gasteiger charge is -2.47. The highest BCUT2D eigenvalue weighted by molar-refractivity contribution is 6.30. The van der Waals surface area contributed by atoms with Crippen molar-refractivity contribution in [3.8, 4) is 0 Å². The molecule has 5 heteroatoms. The van der Waals surface area contributed by atoms with Gasteiger partial charge in [0.25, 0.3) is 0 Å². The quantitative estimate of drug-likeness (QED) is 0.625. The minimum atomic E-state index is 0.000841. The van der Waals surface area contributed by atoms with E-state index in [1.165, 1.54) is 5.56 Å². The fourth-order valence-electron chi connectivity index (χ4n) is 3.12. The van der Waals surface area contributed by atoms with E-state index in [4.69, 9.17) is 22.2 Å². The van der Waals surface area contributed by atoms with E-state index in [9.17, 15) is 0 Å². The van der Waals surface area contributed by atoms with Crippen molar-refractivity contribution in [2.75, 3.05) is 26.3 Å². The fourth-order valence-corrected chi connectivity index (χ4v) is 3.34. The summed E-state index contributed by atoms with van der Waals surface area (Å²) in [4.78, 5) is 2.49. The van der Waals surface area contributed by atoms with Gasteiger partial charge in [0.15, 0.2) is 0 Å². The summed E-state index contributed by atoms with van der Waals surface area (Å²) < 4.78 is 5.48. The van der Waals surface area contributed by atoms with Crippen molar-refractivity contribution >= 4 is 11.6 Å². The maximum Gasteiger partial charge on any atom is 0.0594 e. The second-order valence-corrected chi connectivity index (χ2v) is 6.30. The van der Waals surface area contributed by atoms with Gasteiger partial charge in [-0.1, -0.05) is 30.7 Å². The van der Waals surface area contributed by atoms with Crippen LogP contribution in [-0.4, -0.2) is 42.8 Å². The van der Waals surface area contributed by atoms with E-state index >= 15 is 0 Å². The molecular weight excluding hydrogens is 286 g/mol. The molecule has 1 heterocycles. The molecule has 2 unspecified atom stereocenters. The number of halogens is 1. The average Bonchev–Trinajstić information content (AvgIpc) is 2.53. The molecule has 0 bridgehead atoms. The van der Waals surface area contributed by atoms with Crippen molar-refractivity contribution in [1.29, 1.82) is 0 Å². The van der Waals surface area contributed by atoms with Crippen LogP contribution in [0, 0.1) is 0 Å². The number of nitrogens with zero attached hydrogens (tertiary/aromatic N) is 1. The van der Waals surface area contributed by atoms with Gasteiger partial charge in [-0.3, -0.25) is 16.2 Å². The number of nitrogens with two attached hydrogens (primary N) is 1. The largest absolute Gasteiger partial charge is 0.379 e. The van der Waals surface area contributed by atoms with Gasteiger partial charge in [0.1, 0.15) is 0 Å². The molecule has 0 aromatic heterocycles. The molecule has 4 nitrogen and oxygen atoms in total. The van der Waals surface area contributed by atoms with Crippen LogP contribution in [0.3, 0.4) is 0 Å². The number of rotatable bonds is 6. The van der Waals surface area contributed by atoms with E-state index in [1.807, 2.05) is 18.2 Å². The Morgan fingerprint density at radius 3 is 2.71 bits per heavy atom. The monoisotopic (exact) mass is 311 g/mol. The average molecular weight is 312 g/mol. The number of morpholine rings is 1. The minimum absolute atomic E-state index is 0.000841. The highest BCUT2D eigenvalue weighted by Crippen LogP contribution is 2.27. The first-order valence-electron chi connectivity index (χ1n) is 7.63. The van der Waals surface area contributed by atoms with Crippen molar-refractivity contribution in [2.45, 2.75) is 38.3 Å². The maximum absolute atomic E-state index is 6.09. The third-order valence-corrected chi connectivity index (χ3v) is 4.97. The Bertz CT molecular complexity index is 451. The number of benzene rings is 1. The van der Waals surface area contributed by atoms with Crippen molar-refractivity contribution in [3.05, 3.63) is 34.9 Å². The highest BCUT2D eigenvalue weighted by Gasteiger charge is 2.38. The van der Waals surface area contributed by atoms with Gasteiger partial charge < -0.3 is 4.74 Å². The summed E-state index contributed by atoms with van der Waals surface area (Å²) in [5, 5.41) is 0.771. The van der Waals surface area contributed by atoms with Gasteiger partial charge in [-0.15, -0.1) is 0 Å². The summed E-state index contributed by atoms with van der Waals surface area (Å²) in [6, 6.07) is 8.17. The Balaban J connectivity index is 2.16. The van der Waals surface area contributed by atoms with Gasteiger partial charge in [0.05, 0.1) is 13.2 Å². The van der Waals surface area contributed by atoms with Crippen LogP contribution >= 0.6 is 11.6 Å². The van der Waals surface area contributed by atoms with Crippen molar-refractivity contribution in [3.63, 3.8) is 0 Å². The van der Waals surface area contributed by atoms with E-state index in [2.05, 4.69) is 30.2 Å². The van der Waals surface area contributed by atoms with E-state index in [1.54, 1.807) is 0 Å². The van der Waals surface area contributed by atoms with E-state index in [0.717, 1.165) is 44.2 Å². The molecule has 1 aliphatic heterocycles. The summed E-state index contributed by atoms with van der Waals surface area (Å²) in [5.41, 5.74) is 4.24. The highest BCUT2D eigenvalue weighted by atomic mass is 35.5. The van der Waals surface area contributed by atoms with Crippen LogP contribution in [0.4, 0.5) is 0 Å². The maximum atomic E-state index is 6.09. The molecule has 2 rings (SSSR count). The molecule has 0 amide bonds. The number of nitrogens with one attached hydrogen (secondary N) is 1. The lowest BCUT2D eigenvalue weighted by atomic mass is 9.83. The normalized spacial score (nSPS) is 21.0. The second-order valence-electron chi connectivity index (χ2n) is 5.86. The Kier molecular flexibility index (Phi) is 6.02. The summed E-state index contributed by atoms with van der Waals surface area (Å²) in [6.45, 7) is 8.01. The first kappa shape index (κ1) is 16.7. The Hall–Kier alpha value is -0.650. The molecule has 0 saturated carbocycles. The number of hydrazine groups is 1. The predicted molar refractivity (Wildman–Crippen MR) is 87.4 cm³/mol. The second kappa shape index (κ2) is 7.56. The predicted octanol–water partition coefficient (Wildman–Crippen LogP) is 2.22. The van der Waals surface area contributed by atoms with Crippen LogP contribution in [0.5, 0.6) is 0 Å². The lowest BCUT2D eigenvalue weighted by molar-refractivity contribution is -0.0322. The first-order chi connectivity index (χ1) is 10.1. The van der Waals surface area contributed by atoms with Crippen LogP contribution in [-0.2, 0) is 11.2 Å². The zero-order chi connectivity index (χ0) is 15.3. The third-order valence-electron chi connectivity index (χ3n) is 4.73. The smallest absolute Gasteiger partial charge is 0.0594 e. The lowest BCUT2D eigenvalue weighted by Crippen LogP contribution is -2.63. The number of hydrogen-bond acceptors (Lipinski definition) is 4. The Morgan fingerprint density at radius 1 is 1.43 bits per heavy atom. The van der Waals surface area contributed by atoms with Crippen molar-refractivity contribution in [2.24, 2.45) is 5.84 Å². The molecule has 1 aromatic carbocycles. The molecule has 0 spiro atoms. The van der Waals surface area contributed by atoms with Crippen molar-refractivity contribution in [1.82, 2.24) is 10.3 Å². The molecule has 1 aromatic rings. The Labute approximate surface area is 132 Å². The topological polar surface area (TPSA) is 50.5 Å². The summed E-state index contributed by atoms with van der Waals surface area (Å²) in [6.07, 6.45) is 1.89. The number of hydrogen-bond donors (Lipinski definition) is 2. The van der Waals surface area contributed by atoms with Gasteiger partial charge in [0, 0.05) is 29.7 Å². The zero-order valence-electron chi connectivity index (χ0n) is 12.9. The molecule has 1 fully saturated rings. The SMILES string of the molecule is CCC(C)(C(Cc1cccc(Cl)c1)NN)N1CCOCC1. The molecule has 1 aliphatic rings. The molecule has 1 saturated heterocycles. The van der Waals surface area contributed by atoms with Crippen molar-refractivity contribution < 1.29 is 4.74 Å². The van der Waals surface area contributed by atoms with Crippen LogP contribution in [0.25, 0.3) is 0 Å². The first-order valence-corrected chi connectivity index (χ1v) is 8.01. The van der Waals surface area contributed by atoms with E-state index in [-0.39, 0.29) is 11.6 Å². The van der Waals surface area contributed by atoms with Crippen LogP contribution in [0.15, 0.2) is 24.3 Å². The third kappa shape index (κ3) is 3.96. The molecule has 2 atom stereocenters. The minimum Gasteiger partial charge on any atom is -0.379 e. The summed E-state index contributed by atoms with van der Waals surface area (Å²) in [7, 11) is 0. The molecule has 0 aliphatic carbocycles. The van der Waals surface area contributed by atoms with Gasteiger partial charge in [0.2, 0.25) is 0 Å². The molecule has 118 valence electrons. The summed E-state index contributed by atoms with van der Waals surface area (Å²) in [5.74, 6) is 5.89. The zero-order valence-corrected chi connectivity index (χ0v) is 13.7. The van der Waals surface area contributed by atoms with Crippen LogP contribution < -0.4 is 11.3 Å². The van der Waals surface area contributed by atoms with Crippen LogP contribution in [0.1, 0.15) is 25.8 Å². The van der Waals surface area contributed by atoms with E-state index in [0.29, 0.717) is 0 Å². The molecular formula is C16H26ClN3O. The number of ether oxygens (including phenoxy) is 1. The molecule has 21 heavy (non-hydrogen) atoms. The van der Waals surface area contributed by atoms with Gasteiger partial charge in [-0.25, -0.2) is 0 Å². The van der Waals surface area contributed by atoms with Gasteiger partial charge >= 0.3 is 0 Å². The standard InChI is InChI=1S/C16H26ClN3O/c1-3-16(2,20-7-9-21-10-8-20)15(19-18)12-13-5-4-6-14(17)11-13/h4-6,11,15,19H,3,7-10,12,18H2,1-2H3. The Morgan fingerprint density at radius 2 is 2.14 bits per heavy atom. The molecule has 0 radical (unpaired) electrons. The van der Waals surface area contributed by atoms with Gasteiger partial charge in [-0.2, -0.15) is 0 Å². The van der Waals surface area contributed by atoms with E-state index < -0.39 is 0 Å².